The highest BCUT2D eigenvalue weighted by molar-refractivity contribution is 7.18. The van der Waals surface area contributed by atoms with Crippen molar-refractivity contribution >= 4 is 39.1 Å². The number of rotatable bonds is 4. The van der Waals surface area contributed by atoms with Crippen molar-refractivity contribution in [3.05, 3.63) is 47.4 Å². The van der Waals surface area contributed by atoms with Gasteiger partial charge in [-0.2, -0.15) is 0 Å². The molecule has 3 heterocycles. The van der Waals surface area contributed by atoms with Crippen LogP contribution >= 0.6 is 11.3 Å². The molecule has 1 atom stereocenters. The van der Waals surface area contributed by atoms with Gasteiger partial charge in [-0.3, -0.25) is 9.59 Å². The first-order chi connectivity index (χ1) is 13.5. The van der Waals surface area contributed by atoms with Gasteiger partial charge in [0.25, 0.3) is 5.91 Å². The van der Waals surface area contributed by atoms with Crippen LogP contribution in [0.15, 0.2) is 41.0 Å². The number of aromatic nitrogens is 1. The highest BCUT2D eigenvalue weighted by atomic mass is 32.1. The molecule has 1 saturated heterocycles. The monoisotopic (exact) mass is 398 g/mol. The third-order valence-corrected chi connectivity index (χ3v) is 5.79. The van der Waals surface area contributed by atoms with Crippen molar-refractivity contribution in [2.24, 2.45) is 0 Å². The van der Waals surface area contributed by atoms with Gasteiger partial charge in [0.1, 0.15) is 6.04 Å². The van der Waals surface area contributed by atoms with E-state index in [1.54, 1.807) is 33.3 Å². The number of hydrogen-bond donors (Lipinski definition) is 1. The normalized spacial score (nSPS) is 15.6. The van der Waals surface area contributed by atoms with E-state index in [0.717, 1.165) is 20.9 Å². The number of hydrogen-bond acceptors (Lipinski definition) is 6. The molecule has 146 valence electrons. The Morgan fingerprint density at radius 3 is 2.64 bits per heavy atom. The Morgan fingerprint density at radius 2 is 1.93 bits per heavy atom. The molecular weight excluding hydrogens is 376 g/mol. The van der Waals surface area contributed by atoms with Crippen molar-refractivity contribution < 1.29 is 14.0 Å². The van der Waals surface area contributed by atoms with Gasteiger partial charge in [0.15, 0.2) is 5.76 Å². The van der Waals surface area contributed by atoms with Crippen LogP contribution in [0.2, 0.25) is 0 Å². The summed E-state index contributed by atoms with van der Waals surface area (Å²) >= 11 is 1.64. The first-order valence-corrected chi connectivity index (χ1v) is 10.1. The zero-order valence-electron chi connectivity index (χ0n) is 15.8. The molecule has 8 heteroatoms. The number of fused-ring (bicyclic) bond motifs is 1. The molecule has 0 unspecified atom stereocenters. The molecule has 4 rings (SSSR count). The summed E-state index contributed by atoms with van der Waals surface area (Å²) in [6, 6.07) is 8.96. The van der Waals surface area contributed by atoms with Gasteiger partial charge in [0, 0.05) is 31.9 Å². The van der Waals surface area contributed by atoms with Crippen molar-refractivity contribution in [1.82, 2.24) is 14.8 Å². The number of carbonyl (C=O) groups excluding carboxylic acids is 2. The standard InChI is InChI=1S/C20H22N4O3S/c1-13(21-15-5-6-16-18(12-15)28-14(2)22-16)19(25)23-7-9-24(10-8-23)20(26)17-4-3-11-27-17/h3-6,11-13,21H,7-10H2,1-2H3/t13-/m1/s1. The number of piperazine rings is 1. The Labute approximate surface area is 166 Å². The van der Waals surface area contributed by atoms with Crippen LogP contribution in [0.5, 0.6) is 0 Å². The third-order valence-electron chi connectivity index (χ3n) is 4.86. The maximum absolute atomic E-state index is 12.8. The predicted molar refractivity (Wildman–Crippen MR) is 109 cm³/mol. The predicted octanol–water partition coefficient (Wildman–Crippen LogP) is 2.98. The Hall–Kier alpha value is -2.87. The second kappa shape index (κ2) is 7.63. The smallest absolute Gasteiger partial charge is 0.289 e. The van der Waals surface area contributed by atoms with Gasteiger partial charge in [0.05, 0.1) is 21.5 Å². The van der Waals surface area contributed by atoms with E-state index in [1.807, 2.05) is 32.0 Å². The van der Waals surface area contributed by atoms with Crippen LogP contribution in [0.3, 0.4) is 0 Å². The van der Waals surface area contributed by atoms with E-state index in [2.05, 4.69) is 10.3 Å². The van der Waals surface area contributed by atoms with Crippen molar-refractivity contribution in [2.45, 2.75) is 19.9 Å². The van der Waals surface area contributed by atoms with Crippen molar-refractivity contribution in [2.75, 3.05) is 31.5 Å². The lowest BCUT2D eigenvalue weighted by molar-refractivity contribution is -0.133. The number of carbonyl (C=O) groups is 2. The first-order valence-electron chi connectivity index (χ1n) is 9.26. The first kappa shape index (κ1) is 18.5. The van der Waals surface area contributed by atoms with E-state index in [9.17, 15) is 9.59 Å². The van der Waals surface area contributed by atoms with Crippen LogP contribution in [0.25, 0.3) is 10.2 Å². The van der Waals surface area contributed by atoms with E-state index in [-0.39, 0.29) is 17.9 Å². The Kier molecular flexibility index (Phi) is 5.04. The van der Waals surface area contributed by atoms with Crippen LogP contribution in [-0.4, -0.2) is 58.8 Å². The van der Waals surface area contributed by atoms with Gasteiger partial charge in [-0.05, 0) is 44.2 Å². The topological polar surface area (TPSA) is 78.7 Å². The number of furan rings is 1. The molecule has 7 nitrogen and oxygen atoms in total. The summed E-state index contributed by atoms with van der Waals surface area (Å²) in [5.41, 5.74) is 1.88. The minimum absolute atomic E-state index is 0.0330. The number of anilines is 1. The molecule has 1 fully saturated rings. The summed E-state index contributed by atoms with van der Waals surface area (Å²) in [6.45, 7) is 5.90. The second-order valence-electron chi connectivity index (χ2n) is 6.88. The molecule has 0 bridgehead atoms. The average Bonchev–Trinajstić information content (AvgIpc) is 3.35. The molecule has 0 radical (unpaired) electrons. The van der Waals surface area contributed by atoms with Gasteiger partial charge in [0.2, 0.25) is 5.91 Å². The Morgan fingerprint density at radius 1 is 1.18 bits per heavy atom. The molecule has 1 N–H and O–H groups in total. The minimum atomic E-state index is -0.348. The summed E-state index contributed by atoms with van der Waals surface area (Å²) in [5, 5.41) is 4.31. The lowest BCUT2D eigenvalue weighted by Gasteiger charge is -2.35. The van der Waals surface area contributed by atoms with Gasteiger partial charge in [-0.1, -0.05) is 0 Å². The summed E-state index contributed by atoms with van der Waals surface area (Å²) in [5.74, 6) is 0.241. The van der Waals surface area contributed by atoms with Gasteiger partial charge >= 0.3 is 0 Å². The maximum atomic E-state index is 12.8. The Bertz CT molecular complexity index is 990. The number of benzene rings is 1. The molecule has 1 aliphatic heterocycles. The van der Waals surface area contributed by atoms with E-state index in [1.165, 1.54) is 6.26 Å². The van der Waals surface area contributed by atoms with Crippen LogP contribution in [0, 0.1) is 6.92 Å². The molecule has 1 aromatic carbocycles. The molecule has 2 amide bonds. The van der Waals surface area contributed by atoms with E-state index in [4.69, 9.17) is 4.42 Å². The molecular formula is C20H22N4O3S. The molecule has 0 spiro atoms. The molecule has 28 heavy (non-hydrogen) atoms. The average molecular weight is 398 g/mol. The minimum Gasteiger partial charge on any atom is -0.459 e. The van der Waals surface area contributed by atoms with Crippen molar-refractivity contribution in [3.8, 4) is 0 Å². The van der Waals surface area contributed by atoms with Crippen LogP contribution in [0.4, 0.5) is 5.69 Å². The highest BCUT2D eigenvalue weighted by Gasteiger charge is 2.28. The third kappa shape index (κ3) is 3.73. The van der Waals surface area contributed by atoms with Crippen molar-refractivity contribution in [1.29, 1.82) is 0 Å². The number of aryl methyl sites for hydroxylation is 1. The Balaban J connectivity index is 1.34. The number of thiazole rings is 1. The van der Waals surface area contributed by atoms with Gasteiger partial charge in [-0.15, -0.1) is 11.3 Å². The fourth-order valence-electron chi connectivity index (χ4n) is 3.40. The molecule has 3 aromatic rings. The lowest BCUT2D eigenvalue weighted by Crippen LogP contribution is -2.53. The molecule has 2 aromatic heterocycles. The summed E-state index contributed by atoms with van der Waals surface area (Å²) in [7, 11) is 0. The number of amides is 2. The van der Waals surface area contributed by atoms with Crippen LogP contribution in [0.1, 0.15) is 22.5 Å². The fourth-order valence-corrected chi connectivity index (χ4v) is 4.27. The highest BCUT2D eigenvalue weighted by Crippen LogP contribution is 2.25. The van der Waals surface area contributed by atoms with Crippen LogP contribution in [-0.2, 0) is 4.79 Å². The van der Waals surface area contributed by atoms with E-state index < -0.39 is 0 Å². The molecule has 1 aliphatic rings. The second-order valence-corrected chi connectivity index (χ2v) is 8.11. The summed E-state index contributed by atoms with van der Waals surface area (Å²) in [6.07, 6.45) is 1.49. The molecule has 0 saturated carbocycles. The lowest BCUT2D eigenvalue weighted by atomic mass is 10.2. The zero-order valence-corrected chi connectivity index (χ0v) is 16.7. The molecule has 0 aliphatic carbocycles. The largest absolute Gasteiger partial charge is 0.459 e. The summed E-state index contributed by atoms with van der Waals surface area (Å²) in [4.78, 5) is 33.1. The van der Waals surface area contributed by atoms with E-state index >= 15 is 0 Å². The van der Waals surface area contributed by atoms with Gasteiger partial charge < -0.3 is 19.5 Å². The van der Waals surface area contributed by atoms with Crippen molar-refractivity contribution in [3.63, 3.8) is 0 Å². The van der Waals surface area contributed by atoms with Gasteiger partial charge in [-0.25, -0.2) is 4.98 Å². The summed E-state index contributed by atoms with van der Waals surface area (Å²) < 4.78 is 6.28. The van der Waals surface area contributed by atoms with Crippen LogP contribution < -0.4 is 5.32 Å². The fraction of sp³-hybridized carbons (Fsp3) is 0.350. The maximum Gasteiger partial charge on any atom is 0.289 e. The number of nitrogens with one attached hydrogen (secondary N) is 1. The van der Waals surface area contributed by atoms with E-state index in [0.29, 0.717) is 31.9 Å². The number of nitrogens with zero attached hydrogens (tertiary/aromatic N) is 3. The SMILES string of the molecule is Cc1nc2ccc(N[C@H](C)C(=O)N3CCN(C(=O)c4ccco4)CC3)cc2s1. The zero-order chi connectivity index (χ0) is 19.7. The quantitative estimate of drug-likeness (QED) is 0.731.